The Morgan fingerprint density at radius 1 is 1.10 bits per heavy atom. The highest BCUT2D eigenvalue weighted by molar-refractivity contribution is 7.91. The second-order valence-electron chi connectivity index (χ2n) is 9.17. The van der Waals surface area contributed by atoms with Gasteiger partial charge in [-0.2, -0.15) is 0 Å². The summed E-state index contributed by atoms with van der Waals surface area (Å²) in [4.78, 5) is 14.2. The van der Waals surface area contributed by atoms with Gasteiger partial charge < -0.3 is 10.2 Å². The Morgan fingerprint density at radius 3 is 2.31 bits per heavy atom. The minimum absolute atomic E-state index is 0.0448. The Kier molecular flexibility index (Phi) is 7.38. The number of nitrogens with zero attached hydrogens (tertiary/aromatic N) is 1. The lowest BCUT2D eigenvalue weighted by atomic mass is 9.83. The van der Waals surface area contributed by atoms with Crippen LogP contribution in [0.1, 0.15) is 75.5 Å². The highest BCUT2D eigenvalue weighted by Crippen LogP contribution is 2.33. The highest BCUT2D eigenvalue weighted by atomic mass is 32.2. The fourth-order valence-corrected chi connectivity index (χ4v) is 6.53. The predicted octanol–water partition coefficient (Wildman–Crippen LogP) is 3.67. The van der Waals surface area contributed by atoms with E-state index in [1.165, 1.54) is 43.2 Å². The van der Waals surface area contributed by atoms with Gasteiger partial charge in [0, 0.05) is 19.1 Å². The quantitative estimate of drug-likeness (QED) is 0.731. The van der Waals surface area contributed by atoms with Crippen LogP contribution in [0.15, 0.2) is 24.3 Å². The van der Waals surface area contributed by atoms with Crippen LogP contribution in [0.3, 0.4) is 0 Å². The largest absolute Gasteiger partial charge is 0.341 e. The van der Waals surface area contributed by atoms with Gasteiger partial charge >= 0.3 is 0 Å². The van der Waals surface area contributed by atoms with Crippen molar-refractivity contribution in [3.05, 3.63) is 35.4 Å². The van der Waals surface area contributed by atoms with Gasteiger partial charge in [0.2, 0.25) is 5.91 Å². The summed E-state index contributed by atoms with van der Waals surface area (Å²) in [6, 6.07) is 8.85. The van der Waals surface area contributed by atoms with E-state index in [1.54, 1.807) is 11.9 Å². The first kappa shape index (κ1) is 22.3. The maximum Gasteiger partial charge on any atom is 0.236 e. The van der Waals surface area contributed by atoms with Crippen LogP contribution in [0, 0.1) is 5.92 Å². The van der Waals surface area contributed by atoms with Crippen LogP contribution in [0.4, 0.5) is 0 Å². The molecule has 1 saturated carbocycles. The van der Waals surface area contributed by atoms with Crippen molar-refractivity contribution in [3.63, 3.8) is 0 Å². The normalized spacial score (nSPS) is 23.2. The Labute approximate surface area is 176 Å². The van der Waals surface area contributed by atoms with Crippen LogP contribution in [-0.4, -0.2) is 50.4 Å². The van der Waals surface area contributed by atoms with Crippen molar-refractivity contribution in [3.8, 4) is 0 Å². The molecule has 1 aliphatic carbocycles. The molecule has 2 fully saturated rings. The summed E-state index contributed by atoms with van der Waals surface area (Å²) in [7, 11) is -1.27. The minimum Gasteiger partial charge on any atom is -0.341 e. The zero-order valence-corrected chi connectivity index (χ0v) is 18.9. The van der Waals surface area contributed by atoms with E-state index in [2.05, 4.69) is 43.4 Å². The maximum atomic E-state index is 12.6. The fraction of sp³-hybridized carbons (Fsp3) is 0.696. The molecule has 1 heterocycles. The second kappa shape index (κ2) is 9.61. The van der Waals surface area contributed by atoms with Gasteiger partial charge in [0.1, 0.15) is 0 Å². The summed E-state index contributed by atoms with van der Waals surface area (Å²) < 4.78 is 23.4. The van der Waals surface area contributed by atoms with Crippen LogP contribution in [-0.2, 0) is 14.6 Å². The lowest BCUT2D eigenvalue weighted by Crippen LogP contribution is -2.43. The molecule has 1 N–H and O–H groups in total. The van der Waals surface area contributed by atoms with E-state index in [0.29, 0.717) is 18.3 Å². The zero-order chi connectivity index (χ0) is 21.0. The molecule has 162 valence electrons. The van der Waals surface area contributed by atoms with Crippen LogP contribution >= 0.6 is 0 Å². The van der Waals surface area contributed by atoms with E-state index >= 15 is 0 Å². The van der Waals surface area contributed by atoms with E-state index in [4.69, 9.17) is 0 Å². The van der Waals surface area contributed by atoms with Crippen LogP contribution in [0.5, 0.6) is 0 Å². The number of nitrogens with one attached hydrogen (secondary N) is 1. The van der Waals surface area contributed by atoms with Crippen molar-refractivity contribution >= 4 is 15.7 Å². The molecule has 2 unspecified atom stereocenters. The topological polar surface area (TPSA) is 66.5 Å². The molecule has 6 heteroatoms. The Balaban J connectivity index is 1.59. The number of carbonyl (C=O) groups excluding carboxylic acids is 1. The van der Waals surface area contributed by atoms with Crippen LogP contribution < -0.4 is 5.32 Å². The fourth-order valence-electron chi connectivity index (χ4n) is 4.76. The Hall–Kier alpha value is -1.40. The first-order valence-corrected chi connectivity index (χ1v) is 12.9. The number of sulfone groups is 1. The van der Waals surface area contributed by atoms with Crippen molar-refractivity contribution in [2.75, 3.05) is 25.1 Å². The van der Waals surface area contributed by atoms with Crippen molar-refractivity contribution in [2.45, 2.75) is 70.4 Å². The molecule has 0 bridgehead atoms. The van der Waals surface area contributed by atoms with Gasteiger partial charge in [-0.1, -0.05) is 57.4 Å². The minimum atomic E-state index is -2.99. The SMILES string of the molecule is CC(C)C(NCC(=O)N(C)C1CCS(=O)(=O)C1)c1ccc(C2CCCCC2)cc1. The molecule has 0 radical (unpaired) electrons. The van der Waals surface area contributed by atoms with Gasteiger partial charge in [0.15, 0.2) is 9.84 Å². The summed E-state index contributed by atoms with van der Waals surface area (Å²) >= 11 is 0. The van der Waals surface area contributed by atoms with E-state index in [-0.39, 0.29) is 36.0 Å². The van der Waals surface area contributed by atoms with Gasteiger partial charge in [0.25, 0.3) is 0 Å². The van der Waals surface area contributed by atoms with Gasteiger partial charge in [-0.25, -0.2) is 8.42 Å². The molecular formula is C23H36N2O3S. The number of amides is 1. The van der Waals surface area contributed by atoms with E-state index in [0.717, 1.165) is 0 Å². The number of hydrogen-bond acceptors (Lipinski definition) is 4. The van der Waals surface area contributed by atoms with Gasteiger partial charge in [-0.15, -0.1) is 0 Å². The van der Waals surface area contributed by atoms with Crippen molar-refractivity contribution < 1.29 is 13.2 Å². The number of likely N-dealkylation sites (N-methyl/N-ethyl adjacent to an activating group) is 1. The molecule has 1 aromatic rings. The van der Waals surface area contributed by atoms with E-state index < -0.39 is 9.84 Å². The summed E-state index contributed by atoms with van der Waals surface area (Å²) in [5.41, 5.74) is 2.65. The average molecular weight is 421 g/mol. The molecule has 0 spiro atoms. The maximum absolute atomic E-state index is 12.6. The first-order valence-electron chi connectivity index (χ1n) is 11.1. The molecule has 1 aliphatic heterocycles. The Bertz CT molecular complexity index is 783. The monoisotopic (exact) mass is 420 g/mol. The molecule has 29 heavy (non-hydrogen) atoms. The molecule has 1 amide bonds. The molecule has 1 aromatic carbocycles. The van der Waals surface area contributed by atoms with Crippen LogP contribution in [0.2, 0.25) is 0 Å². The van der Waals surface area contributed by atoms with Gasteiger partial charge in [-0.05, 0) is 42.2 Å². The third kappa shape index (κ3) is 5.82. The Morgan fingerprint density at radius 2 is 1.76 bits per heavy atom. The smallest absolute Gasteiger partial charge is 0.236 e. The van der Waals surface area contributed by atoms with Gasteiger partial charge in [0.05, 0.1) is 18.1 Å². The first-order chi connectivity index (χ1) is 13.8. The molecular weight excluding hydrogens is 384 g/mol. The highest BCUT2D eigenvalue weighted by Gasteiger charge is 2.32. The summed E-state index contributed by atoms with van der Waals surface area (Å²) in [5.74, 6) is 1.27. The third-order valence-corrected chi connectivity index (χ3v) is 8.41. The van der Waals surface area contributed by atoms with E-state index in [1.807, 2.05) is 0 Å². The molecule has 0 aromatic heterocycles. The van der Waals surface area contributed by atoms with Crippen molar-refractivity contribution in [2.24, 2.45) is 5.92 Å². The lowest BCUT2D eigenvalue weighted by Gasteiger charge is -2.27. The molecule has 2 aliphatic rings. The molecule has 5 nitrogen and oxygen atoms in total. The molecule has 2 atom stereocenters. The standard InChI is InChI=1S/C23H36N2O3S/c1-17(2)23(20-11-9-19(10-12-20)18-7-5-4-6-8-18)24-15-22(26)25(3)21-13-14-29(27,28)16-21/h9-12,17-18,21,23-24H,4-8,13-16H2,1-3H3. The number of benzene rings is 1. The summed E-state index contributed by atoms with van der Waals surface area (Å²) in [6.07, 6.45) is 7.16. The lowest BCUT2D eigenvalue weighted by molar-refractivity contribution is -0.130. The number of rotatable bonds is 7. The average Bonchev–Trinajstić information content (AvgIpc) is 3.08. The number of hydrogen-bond donors (Lipinski definition) is 1. The zero-order valence-electron chi connectivity index (χ0n) is 18.1. The van der Waals surface area contributed by atoms with Gasteiger partial charge in [-0.3, -0.25) is 4.79 Å². The van der Waals surface area contributed by atoms with Crippen molar-refractivity contribution in [1.29, 1.82) is 0 Å². The van der Waals surface area contributed by atoms with Crippen LogP contribution in [0.25, 0.3) is 0 Å². The third-order valence-electron chi connectivity index (χ3n) is 6.66. The second-order valence-corrected chi connectivity index (χ2v) is 11.4. The van der Waals surface area contributed by atoms with E-state index in [9.17, 15) is 13.2 Å². The predicted molar refractivity (Wildman–Crippen MR) is 118 cm³/mol. The molecule has 1 saturated heterocycles. The summed E-state index contributed by atoms with van der Waals surface area (Å²) in [6.45, 7) is 4.54. The number of carbonyl (C=O) groups is 1. The van der Waals surface area contributed by atoms with Crippen molar-refractivity contribution in [1.82, 2.24) is 10.2 Å². The molecule has 3 rings (SSSR count). The summed E-state index contributed by atoms with van der Waals surface area (Å²) in [5, 5.41) is 3.42.